The average molecular weight is 175 g/mol. The van der Waals surface area contributed by atoms with E-state index < -0.39 is 0 Å². The number of Topliss-reactive ketones (excluding diaryl/α,β-unsaturated/α-hetero) is 1. The number of hydrogen-bond donors (Lipinski definition) is 1. The normalized spacial score (nSPS) is 23.5. The quantitative estimate of drug-likeness (QED) is 0.642. The molecule has 0 saturated carbocycles. The zero-order valence-corrected chi connectivity index (χ0v) is 7.55. The predicted octanol–water partition coefficient (Wildman–Crippen LogP) is 1.38. The molecule has 2 heteroatoms. The van der Waals surface area contributed by atoms with Crippen molar-refractivity contribution in [3.63, 3.8) is 0 Å². The Kier molecular flexibility index (Phi) is 3.41. The molecule has 0 aromatic carbocycles. The SMILES string of the molecule is C=C/C=C1/CNCC(=O)/C1=C/C=C. The zero-order valence-electron chi connectivity index (χ0n) is 7.55. The van der Waals surface area contributed by atoms with Gasteiger partial charge in [0.25, 0.3) is 0 Å². The van der Waals surface area contributed by atoms with Crippen LogP contribution in [0.15, 0.2) is 48.6 Å². The van der Waals surface area contributed by atoms with Crippen LogP contribution in [0.25, 0.3) is 0 Å². The topological polar surface area (TPSA) is 29.1 Å². The summed E-state index contributed by atoms with van der Waals surface area (Å²) in [5.74, 6) is 0.110. The summed E-state index contributed by atoms with van der Waals surface area (Å²) < 4.78 is 0. The van der Waals surface area contributed by atoms with Crippen molar-refractivity contribution in [2.45, 2.75) is 0 Å². The molecule has 1 saturated heterocycles. The van der Waals surface area contributed by atoms with Crippen LogP contribution < -0.4 is 5.32 Å². The first-order valence-electron chi connectivity index (χ1n) is 4.18. The maximum absolute atomic E-state index is 11.4. The van der Waals surface area contributed by atoms with E-state index in [0.29, 0.717) is 6.54 Å². The number of allylic oxidation sites excluding steroid dienone is 4. The minimum atomic E-state index is 0.110. The van der Waals surface area contributed by atoms with Crippen molar-refractivity contribution in [3.05, 3.63) is 48.6 Å². The van der Waals surface area contributed by atoms with Crippen LogP contribution >= 0.6 is 0 Å². The first kappa shape index (κ1) is 9.68. The summed E-state index contributed by atoms with van der Waals surface area (Å²) in [5, 5.41) is 3.02. The Hall–Kier alpha value is -1.41. The molecule has 0 spiro atoms. The molecule has 1 heterocycles. The van der Waals surface area contributed by atoms with Gasteiger partial charge in [-0.05, 0) is 5.57 Å². The predicted molar refractivity (Wildman–Crippen MR) is 54.4 cm³/mol. The molecule has 1 rings (SSSR count). The van der Waals surface area contributed by atoms with Crippen LogP contribution in [-0.2, 0) is 4.79 Å². The lowest BCUT2D eigenvalue weighted by Crippen LogP contribution is -2.33. The lowest BCUT2D eigenvalue weighted by molar-refractivity contribution is -0.114. The Morgan fingerprint density at radius 1 is 1.15 bits per heavy atom. The number of piperidine rings is 1. The molecule has 0 aromatic heterocycles. The maximum atomic E-state index is 11.4. The molecular formula is C11H13NO. The fourth-order valence-electron chi connectivity index (χ4n) is 1.29. The third-order valence-electron chi connectivity index (χ3n) is 1.85. The van der Waals surface area contributed by atoms with E-state index >= 15 is 0 Å². The van der Waals surface area contributed by atoms with E-state index in [1.807, 2.05) is 6.08 Å². The monoisotopic (exact) mass is 175 g/mol. The molecule has 0 bridgehead atoms. The molecular weight excluding hydrogens is 162 g/mol. The Balaban J connectivity index is 2.99. The molecule has 68 valence electrons. The Morgan fingerprint density at radius 3 is 2.46 bits per heavy atom. The molecule has 0 unspecified atom stereocenters. The Bertz CT molecular complexity index is 297. The minimum Gasteiger partial charge on any atom is -0.306 e. The smallest absolute Gasteiger partial charge is 0.176 e. The molecule has 0 radical (unpaired) electrons. The lowest BCUT2D eigenvalue weighted by atomic mass is 9.97. The van der Waals surface area contributed by atoms with E-state index in [9.17, 15) is 4.79 Å². The van der Waals surface area contributed by atoms with E-state index in [4.69, 9.17) is 0 Å². The number of nitrogens with one attached hydrogen (secondary N) is 1. The summed E-state index contributed by atoms with van der Waals surface area (Å²) in [6.07, 6.45) is 6.92. The number of ketones is 1. The van der Waals surface area contributed by atoms with Crippen LogP contribution in [0.2, 0.25) is 0 Å². The van der Waals surface area contributed by atoms with E-state index in [0.717, 1.165) is 17.7 Å². The minimum absolute atomic E-state index is 0.110. The number of hydrogen-bond acceptors (Lipinski definition) is 2. The number of rotatable bonds is 2. The highest BCUT2D eigenvalue weighted by molar-refractivity contribution is 6.02. The average Bonchev–Trinajstić information content (AvgIpc) is 2.11. The van der Waals surface area contributed by atoms with Crippen molar-refractivity contribution in [1.82, 2.24) is 5.32 Å². The largest absolute Gasteiger partial charge is 0.306 e. The van der Waals surface area contributed by atoms with Gasteiger partial charge in [-0.15, -0.1) is 0 Å². The summed E-state index contributed by atoms with van der Waals surface area (Å²) in [5.41, 5.74) is 1.72. The van der Waals surface area contributed by atoms with Gasteiger partial charge < -0.3 is 5.32 Å². The molecule has 0 aromatic rings. The van der Waals surface area contributed by atoms with Crippen LogP contribution in [-0.4, -0.2) is 18.9 Å². The zero-order chi connectivity index (χ0) is 9.68. The Labute approximate surface area is 78.3 Å². The van der Waals surface area contributed by atoms with Crippen molar-refractivity contribution in [3.8, 4) is 0 Å². The molecule has 1 fully saturated rings. The highest BCUT2D eigenvalue weighted by Crippen LogP contribution is 2.14. The van der Waals surface area contributed by atoms with Gasteiger partial charge in [0.05, 0.1) is 6.54 Å². The van der Waals surface area contributed by atoms with E-state index in [1.54, 1.807) is 18.2 Å². The summed E-state index contributed by atoms with van der Waals surface area (Å²) >= 11 is 0. The highest BCUT2D eigenvalue weighted by atomic mass is 16.1. The van der Waals surface area contributed by atoms with Crippen LogP contribution in [0, 0.1) is 0 Å². The van der Waals surface area contributed by atoms with Gasteiger partial charge in [0.2, 0.25) is 0 Å². The fourth-order valence-corrected chi connectivity index (χ4v) is 1.29. The molecule has 1 aliphatic rings. The van der Waals surface area contributed by atoms with Gasteiger partial charge in [0, 0.05) is 12.1 Å². The van der Waals surface area contributed by atoms with Crippen LogP contribution in [0.4, 0.5) is 0 Å². The fraction of sp³-hybridized carbons (Fsp3) is 0.182. The van der Waals surface area contributed by atoms with Crippen molar-refractivity contribution in [1.29, 1.82) is 0 Å². The Morgan fingerprint density at radius 2 is 1.85 bits per heavy atom. The van der Waals surface area contributed by atoms with Crippen LogP contribution in [0.1, 0.15) is 0 Å². The highest BCUT2D eigenvalue weighted by Gasteiger charge is 2.17. The summed E-state index contributed by atoms with van der Waals surface area (Å²) in [7, 11) is 0. The summed E-state index contributed by atoms with van der Waals surface area (Å²) in [6, 6.07) is 0. The first-order valence-corrected chi connectivity index (χ1v) is 4.18. The van der Waals surface area contributed by atoms with Gasteiger partial charge in [-0.2, -0.15) is 0 Å². The summed E-state index contributed by atoms with van der Waals surface area (Å²) in [4.78, 5) is 11.4. The first-order chi connectivity index (χ1) is 6.29. The maximum Gasteiger partial charge on any atom is 0.176 e. The van der Waals surface area contributed by atoms with Gasteiger partial charge in [-0.1, -0.05) is 37.5 Å². The standard InChI is InChI=1S/C11H13NO/c1-3-5-9-7-12-8-11(13)10(9)6-4-2/h3-6,12H,1-2,7-8H2/b9-5-,10-6+. The molecule has 0 amide bonds. The van der Waals surface area contributed by atoms with Crippen LogP contribution in [0.5, 0.6) is 0 Å². The van der Waals surface area contributed by atoms with Gasteiger partial charge in [-0.25, -0.2) is 0 Å². The molecule has 0 atom stereocenters. The molecule has 13 heavy (non-hydrogen) atoms. The van der Waals surface area contributed by atoms with E-state index in [1.165, 1.54) is 0 Å². The second kappa shape index (κ2) is 4.58. The second-order valence-electron chi connectivity index (χ2n) is 2.77. The van der Waals surface area contributed by atoms with E-state index in [2.05, 4.69) is 18.5 Å². The molecule has 0 aliphatic carbocycles. The van der Waals surface area contributed by atoms with Gasteiger partial charge in [0.15, 0.2) is 5.78 Å². The molecule has 1 N–H and O–H groups in total. The third-order valence-corrected chi connectivity index (χ3v) is 1.85. The van der Waals surface area contributed by atoms with Crippen LogP contribution in [0.3, 0.4) is 0 Å². The lowest BCUT2D eigenvalue weighted by Gasteiger charge is -2.17. The van der Waals surface area contributed by atoms with Gasteiger partial charge in [0.1, 0.15) is 0 Å². The molecule has 1 aliphatic heterocycles. The van der Waals surface area contributed by atoms with Crippen molar-refractivity contribution in [2.24, 2.45) is 0 Å². The molecule has 2 nitrogen and oxygen atoms in total. The van der Waals surface area contributed by atoms with Crippen molar-refractivity contribution >= 4 is 5.78 Å². The summed E-state index contributed by atoms with van der Waals surface area (Å²) in [6.45, 7) is 8.32. The van der Waals surface area contributed by atoms with Crippen molar-refractivity contribution in [2.75, 3.05) is 13.1 Å². The third kappa shape index (κ3) is 2.26. The van der Waals surface area contributed by atoms with E-state index in [-0.39, 0.29) is 5.78 Å². The number of carbonyl (C=O) groups excluding carboxylic acids is 1. The van der Waals surface area contributed by atoms with Gasteiger partial charge >= 0.3 is 0 Å². The van der Waals surface area contributed by atoms with Gasteiger partial charge in [-0.3, -0.25) is 4.79 Å². The van der Waals surface area contributed by atoms with Crippen molar-refractivity contribution < 1.29 is 4.79 Å². The number of carbonyl (C=O) groups is 1. The second-order valence-corrected chi connectivity index (χ2v) is 2.77.